The van der Waals surface area contributed by atoms with Crippen LogP contribution in [0.4, 0.5) is 5.13 Å². The molecule has 0 aliphatic carbocycles. The van der Waals surface area contributed by atoms with Crippen molar-refractivity contribution in [1.29, 1.82) is 0 Å². The first-order chi connectivity index (χ1) is 13.9. The van der Waals surface area contributed by atoms with E-state index in [1.54, 1.807) is 18.4 Å². The van der Waals surface area contributed by atoms with Gasteiger partial charge in [-0.15, -0.1) is 0 Å². The molecule has 1 aliphatic heterocycles. The van der Waals surface area contributed by atoms with Gasteiger partial charge >= 0.3 is 0 Å². The molecule has 1 fully saturated rings. The number of piperazine rings is 1. The Morgan fingerprint density at radius 1 is 1.03 bits per heavy atom. The van der Waals surface area contributed by atoms with E-state index < -0.39 is 0 Å². The van der Waals surface area contributed by atoms with Crippen LogP contribution in [0, 0.1) is 0 Å². The monoisotopic (exact) mass is 409 g/mol. The molecular weight excluding hydrogens is 382 g/mol. The number of hydrogen-bond donors (Lipinski definition) is 0. The van der Waals surface area contributed by atoms with Crippen LogP contribution >= 0.6 is 11.3 Å². The number of thiazole rings is 1. The summed E-state index contributed by atoms with van der Waals surface area (Å²) >= 11 is 1.67. The number of nitrogens with zero attached hydrogens (tertiary/aromatic N) is 3. The predicted octanol–water partition coefficient (Wildman–Crippen LogP) is 4.56. The van der Waals surface area contributed by atoms with E-state index in [4.69, 9.17) is 9.72 Å². The minimum atomic E-state index is 0.0904. The molecule has 0 radical (unpaired) electrons. The van der Waals surface area contributed by atoms with Crippen LogP contribution in [0.15, 0.2) is 42.5 Å². The second-order valence-electron chi connectivity index (χ2n) is 8.41. The number of benzene rings is 2. The lowest BCUT2D eigenvalue weighted by molar-refractivity contribution is 0.0746. The van der Waals surface area contributed by atoms with Crippen molar-refractivity contribution in [3.05, 3.63) is 53.6 Å². The molecule has 1 aromatic heterocycles. The van der Waals surface area contributed by atoms with Crippen LogP contribution < -0.4 is 9.64 Å². The zero-order chi connectivity index (χ0) is 20.6. The number of fused-ring (bicyclic) bond motifs is 1. The summed E-state index contributed by atoms with van der Waals surface area (Å²) in [5.74, 6) is 0.911. The standard InChI is InChI=1S/C23H27N3O2S/c1-23(2,3)17-10-8-16(9-11-17)21(27)25-12-14-26(15-13-25)22-24-20-18(28-4)6-5-7-19(20)29-22/h5-11H,12-15H2,1-4H3. The lowest BCUT2D eigenvalue weighted by atomic mass is 9.86. The van der Waals surface area contributed by atoms with E-state index in [0.29, 0.717) is 13.1 Å². The summed E-state index contributed by atoms with van der Waals surface area (Å²) < 4.78 is 6.55. The van der Waals surface area contributed by atoms with Crippen molar-refractivity contribution < 1.29 is 9.53 Å². The Bertz CT molecular complexity index is 1010. The molecule has 0 spiro atoms. The number of rotatable bonds is 3. The van der Waals surface area contributed by atoms with Crippen molar-refractivity contribution >= 4 is 32.6 Å². The van der Waals surface area contributed by atoms with Crippen LogP contribution in [0.25, 0.3) is 10.2 Å². The van der Waals surface area contributed by atoms with Crippen molar-refractivity contribution in [2.75, 3.05) is 38.2 Å². The summed E-state index contributed by atoms with van der Waals surface area (Å²) in [6.07, 6.45) is 0. The fourth-order valence-electron chi connectivity index (χ4n) is 3.61. The van der Waals surface area contributed by atoms with Crippen LogP contribution in [0.3, 0.4) is 0 Å². The summed E-state index contributed by atoms with van der Waals surface area (Å²) in [7, 11) is 1.67. The average molecular weight is 410 g/mol. The van der Waals surface area contributed by atoms with Gasteiger partial charge in [-0.1, -0.05) is 50.3 Å². The molecule has 4 rings (SSSR count). The third-order valence-electron chi connectivity index (χ3n) is 5.43. The van der Waals surface area contributed by atoms with Crippen LogP contribution in [0.1, 0.15) is 36.7 Å². The third-order valence-corrected chi connectivity index (χ3v) is 6.51. The number of hydrogen-bond acceptors (Lipinski definition) is 5. The number of aromatic nitrogens is 1. The van der Waals surface area contributed by atoms with E-state index in [2.05, 4.69) is 43.9 Å². The molecule has 0 unspecified atom stereocenters. The zero-order valence-electron chi connectivity index (χ0n) is 17.4. The molecule has 152 valence electrons. The maximum Gasteiger partial charge on any atom is 0.253 e. The number of methoxy groups -OCH3 is 1. The third kappa shape index (κ3) is 3.94. The predicted molar refractivity (Wildman–Crippen MR) is 119 cm³/mol. The molecular formula is C23H27N3O2S. The van der Waals surface area contributed by atoms with Gasteiger partial charge in [0.2, 0.25) is 0 Å². The van der Waals surface area contributed by atoms with Crippen molar-refractivity contribution in [3.8, 4) is 5.75 Å². The Kier molecular flexibility index (Phi) is 5.21. The summed E-state index contributed by atoms with van der Waals surface area (Å²) in [5, 5.41) is 0.992. The number of carbonyl (C=O) groups excluding carboxylic acids is 1. The van der Waals surface area contributed by atoms with Gasteiger partial charge in [-0.05, 0) is 35.2 Å². The molecule has 2 heterocycles. The van der Waals surface area contributed by atoms with Crippen LogP contribution in [-0.4, -0.2) is 49.1 Å². The highest BCUT2D eigenvalue weighted by molar-refractivity contribution is 7.22. The van der Waals surface area contributed by atoms with Gasteiger partial charge in [-0.2, -0.15) is 0 Å². The van der Waals surface area contributed by atoms with E-state index in [-0.39, 0.29) is 11.3 Å². The van der Waals surface area contributed by atoms with E-state index >= 15 is 0 Å². The molecule has 1 amide bonds. The zero-order valence-corrected chi connectivity index (χ0v) is 18.3. The van der Waals surface area contributed by atoms with Gasteiger partial charge in [0.05, 0.1) is 11.8 Å². The van der Waals surface area contributed by atoms with Crippen molar-refractivity contribution in [3.63, 3.8) is 0 Å². The smallest absolute Gasteiger partial charge is 0.253 e. The van der Waals surface area contributed by atoms with E-state index in [9.17, 15) is 4.79 Å². The highest BCUT2D eigenvalue weighted by Gasteiger charge is 2.24. The normalized spacial score (nSPS) is 15.0. The number of carbonyl (C=O) groups is 1. The highest BCUT2D eigenvalue weighted by atomic mass is 32.1. The van der Waals surface area contributed by atoms with Gasteiger partial charge in [-0.3, -0.25) is 4.79 Å². The fraction of sp³-hybridized carbons (Fsp3) is 0.391. The molecule has 29 heavy (non-hydrogen) atoms. The molecule has 1 aliphatic rings. The Morgan fingerprint density at radius 2 is 1.72 bits per heavy atom. The second-order valence-corrected chi connectivity index (χ2v) is 9.42. The number of ether oxygens (including phenoxy) is 1. The Hall–Kier alpha value is -2.60. The minimum Gasteiger partial charge on any atom is -0.494 e. The topological polar surface area (TPSA) is 45.7 Å². The number of para-hydroxylation sites is 1. The lowest BCUT2D eigenvalue weighted by Crippen LogP contribution is -2.48. The average Bonchev–Trinajstić information content (AvgIpc) is 3.17. The largest absolute Gasteiger partial charge is 0.494 e. The second kappa shape index (κ2) is 7.67. The maximum absolute atomic E-state index is 12.9. The van der Waals surface area contributed by atoms with Crippen molar-refractivity contribution in [2.24, 2.45) is 0 Å². The molecule has 5 nitrogen and oxygen atoms in total. The van der Waals surface area contributed by atoms with E-state index in [0.717, 1.165) is 39.8 Å². The fourth-order valence-corrected chi connectivity index (χ4v) is 4.64. The summed E-state index contributed by atoms with van der Waals surface area (Å²) in [6.45, 7) is 9.52. The molecule has 0 bridgehead atoms. The summed E-state index contributed by atoms with van der Waals surface area (Å²) in [5.41, 5.74) is 3.00. The molecule has 2 aromatic carbocycles. The van der Waals surface area contributed by atoms with Crippen molar-refractivity contribution in [1.82, 2.24) is 9.88 Å². The summed E-state index contributed by atoms with van der Waals surface area (Å²) in [6, 6.07) is 14.0. The first-order valence-electron chi connectivity index (χ1n) is 9.95. The van der Waals surface area contributed by atoms with E-state index in [1.807, 2.05) is 29.2 Å². The lowest BCUT2D eigenvalue weighted by Gasteiger charge is -2.34. The van der Waals surface area contributed by atoms with Gasteiger partial charge in [0.1, 0.15) is 11.3 Å². The van der Waals surface area contributed by atoms with Gasteiger partial charge < -0.3 is 14.5 Å². The molecule has 3 aromatic rings. The number of anilines is 1. The van der Waals surface area contributed by atoms with Gasteiger partial charge in [0, 0.05) is 31.7 Å². The minimum absolute atomic E-state index is 0.0904. The molecule has 6 heteroatoms. The Balaban J connectivity index is 1.43. The quantitative estimate of drug-likeness (QED) is 0.636. The Labute approximate surface area is 175 Å². The molecule has 0 atom stereocenters. The van der Waals surface area contributed by atoms with E-state index in [1.165, 1.54) is 5.56 Å². The molecule has 0 saturated carbocycles. The summed E-state index contributed by atoms with van der Waals surface area (Å²) in [4.78, 5) is 21.9. The van der Waals surface area contributed by atoms with Crippen LogP contribution in [0.5, 0.6) is 5.75 Å². The first-order valence-corrected chi connectivity index (χ1v) is 10.8. The van der Waals surface area contributed by atoms with Crippen molar-refractivity contribution in [2.45, 2.75) is 26.2 Å². The van der Waals surface area contributed by atoms with Gasteiger partial charge in [0.15, 0.2) is 5.13 Å². The number of amides is 1. The van der Waals surface area contributed by atoms with Crippen LogP contribution in [-0.2, 0) is 5.41 Å². The van der Waals surface area contributed by atoms with Gasteiger partial charge in [-0.25, -0.2) is 4.98 Å². The highest BCUT2D eigenvalue weighted by Crippen LogP contribution is 2.34. The first kappa shape index (κ1) is 19.7. The SMILES string of the molecule is COc1cccc2sc(N3CCN(C(=O)c4ccc(C(C)(C)C)cc4)CC3)nc12. The maximum atomic E-state index is 12.9. The molecule has 0 N–H and O–H groups in total. The van der Waals surface area contributed by atoms with Gasteiger partial charge in [0.25, 0.3) is 5.91 Å². The Morgan fingerprint density at radius 3 is 2.34 bits per heavy atom. The van der Waals surface area contributed by atoms with Crippen LogP contribution in [0.2, 0.25) is 0 Å². The molecule has 1 saturated heterocycles.